The molecule has 0 amide bonds. The molecule has 1 nitrogen and oxygen atoms in total. The van der Waals surface area contributed by atoms with Crippen LogP contribution in [0.4, 0.5) is 0 Å². The number of hydrogen-bond acceptors (Lipinski definition) is 2. The van der Waals surface area contributed by atoms with Gasteiger partial charge in [0.2, 0.25) is 0 Å². The highest BCUT2D eigenvalue weighted by Gasteiger charge is 2.00. The van der Waals surface area contributed by atoms with E-state index in [0.717, 1.165) is 25.4 Å². The van der Waals surface area contributed by atoms with Gasteiger partial charge in [-0.15, -0.1) is 17.9 Å². The second-order valence-electron chi connectivity index (χ2n) is 5.27. The molecule has 0 saturated carbocycles. The molecule has 0 aliphatic rings. The molecule has 0 fully saturated rings. The fourth-order valence-electron chi connectivity index (χ4n) is 2.21. The third-order valence-electron chi connectivity index (χ3n) is 3.47. The lowest BCUT2D eigenvalue weighted by Gasteiger charge is -2.10. The van der Waals surface area contributed by atoms with E-state index in [1.54, 1.807) is 11.3 Å². The number of thiophene rings is 1. The van der Waals surface area contributed by atoms with E-state index in [1.165, 1.54) is 22.4 Å². The SMILES string of the molecule is C=CCC(C)CCNCc1ccc(-c2cccs2)cc1. The summed E-state index contributed by atoms with van der Waals surface area (Å²) in [4.78, 5) is 1.34. The zero-order valence-corrected chi connectivity index (χ0v) is 13.0. The molecule has 2 heteroatoms. The highest BCUT2D eigenvalue weighted by molar-refractivity contribution is 7.13. The highest BCUT2D eigenvalue weighted by atomic mass is 32.1. The minimum absolute atomic E-state index is 0.723. The third kappa shape index (κ3) is 4.62. The average molecular weight is 285 g/mol. The lowest BCUT2D eigenvalue weighted by Crippen LogP contribution is -2.16. The van der Waals surface area contributed by atoms with Gasteiger partial charge in [-0.25, -0.2) is 0 Å². The van der Waals surface area contributed by atoms with Gasteiger partial charge in [-0.3, -0.25) is 0 Å². The van der Waals surface area contributed by atoms with E-state index in [4.69, 9.17) is 0 Å². The number of nitrogens with one attached hydrogen (secondary N) is 1. The number of rotatable bonds is 8. The van der Waals surface area contributed by atoms with Gasteiger partial charge in [0.05, 0.1) is 0 Å². The maximum Gasteiger partial charge on any atom is 0.0342 e. The van der Waals surface area contributed by atoms with Crippen LogP contribution in [0.25, 0.3) is 10.4 Å². The first kappa shape index (κ1) is 15.0. The molecule has 0 aliphatic heterocycles. The van der Waals surface area contributed by atoms with Gasteiger partial charge in [0.1, 0.15) is 0 Å². The van der Waals surface area contributed by atoms with Crippen LogP contribution in [-0.2, 0) is 6.54 Å². The van der Waals surface area contributed by atoms with Crippen molar-refractivity contribution in [1.29, 1.82) is 0 Å². The first-order valence-corrected chi connectivity index (χ1v) is 8.12. The molecule has 0 saturated heterocycles. The minimum atomic E-state index is 0.723. The summed E-state index contributed by atoms with van der Waals surface area (Å²) < 4.78 is 0. The second-order valence-corrected chi connectivity index (χ2v) is 6.22. The van der Waals surface area contributed by atoms with Crippen molar-refractivity contribution in [3.63, 3.8) is 0 Å². The largest absolute Gasteiger partial charge is 0.313 e. The van der Waals surface area contributed by atoms with Crippen LogP contribution in [-0.4, -0.2) is 6.54 Å². The molecule has 20 heavy (non-hydrogen) atoms. The molecule has 2 rings (SSSR count). The van der Waals surface area contributed by atoms with Gasteiger partial charge >= 0.3 is 0 Å². The number of benzene rings is 1. The molecule has 1 unspecified atom stereocenters. The Bertz CT molecular complexity index is 499. The van der Waals surface area contributed by atoms with Gasteiger partial charge in [0.25, 0.3) is 0 Å². The summed E-state index contributed by atoms with van der Waals surface area (Å²) in [5.74, 6) is 0.723. The summed E-state index contributed by atoms with van der Waals surface area (Å²) in [7, 11) is 0. The van der Waals surface area contributed by atoms with Crippen molar-refractivity contribution in [2.24, 2.45) is 5.92 Å². The van der Waals surface area contributed by atoms with Crippen LogP contribution in [0.5, 0.6) is 0 Å². The van der Waals surface area contributed by atoms with Crippen molar-refractivity contribution >= 4 is 11.3 Å². The zero-order valence-electron chi connectivity index (χ0n) is 12.1. The van der Waals surface area contributed by atoms with Crippen LogP contribution >= 0.6 is 11.3 Å². The Morgan fingerprint density at radius 2 is 2.05 bits per heavy atom. The Labute approximate surface area is 126 Å². The van der Waals surface area contributed by atoms with Crippen LogP contribution in [0.1, 0.15) is 25.3 Å². The summed E-state index contributed by atoms with van der Waals surface area (Å²) >= 11 is 1.79. The quantitative estimate of drug-likeness (QED) is 0.525. The van der Waals surface area contributed by atoms with Crippen LogP contribution in [0.15, 0.2) is 54.4 Å². The van der Waals surface area contributed by atoms with E-state index in [9.17, 15) is 0 Å². The second kappa shape index (κ2) is 8.03. The molecule has 1 aromatic heterocycles. The zero-order chi connectivity index (χ0) is 14.2. The van der Waals surface area contributed by atoms with E-state index < -0.39 is 0 Å². The van der Waals surface area contributed by atoms with Crippen LogP contribution in [0.2, 0.25) is 0 Å². The summed E-state index contributed by atoms with van der Waals surface area (Å²) in [5, 5.41) is 5.63. The van der Waals surface area contributed by atoms with Crippen molar-refractivity contribution in [2.75, 3.05) is 6.54 Å². The normalized spacial score (nSPS) is 12.2. The summed E-state index contributed by atoms with van der Waals surface area (Å²) in [6.45, 7) is 8.08. The average Bonchev–Trinajstić information content (AvgIpc) is 2.99. The number of hydrogen-bond donors (Lipinski definition) is 1. The number of allylic oxidation sites excluding steroid dienone is 1. The lowest BCUT2D eigenvalue weighted by atomic mass is 10.0. The highest BCUT2D eigenvalue weighted by Crippen LogP contribution is 2.24. The Kier molecular flexibility index (Phi) is 6.03. The van der Waals surface area contributed by atoms with Gasteiger partial charge in [0.15, 0.2) is 0 Å². The molecular formula is C18H23NS. The van der Waals surface area contributed by atoms with E-state index in [-0.39, 0.29) is 0 Å². The fourth-order valence-corrected chi connectivity index (χ4v) is 2.95. The Hall–Kier alpha value is -1.38. The molecule has 1 N–H and O–H groups in total. The molecule has 0 bridgehead atoms. The van der Waals surface area contributed by atoms with Gasteiger partial charge in [-0.05, 0) is 47.9 Å². The predicted molar refractivity (Wildman–Crippen MR) is 90.1 cm³/mol. The smallest absolute Gasteiger partial charge is 0.0342 e. The maximum absolute atomic E-state index is 3.79. The van der Waals surface area contributed by atoms with Crippen molar-refractivity contribution in [2.45, 2.75) is 26.3 Å². The van der Waals surface area contributed by atoms with E-state index >= 15 is 0 Å². The van der Waals surface area contributed by atoms with Crippen molar-refractivity contribution < 1.29 is 0 Å². The molecule has 0 spiro atoms. The Morgan fingerprint density at radius 3 is 2.70 bits per heavy atom. The van der Waals surface area contributed by atoms with Crippen LogP contribution < -0.4 is 5.32 Å². The standard InChI is InChI=1S/C18H23NS/c1-3-5-15(2)11-12-19-14-16-7-9-17(10-8-16)18-6-4-13-20-18/h3-4,6-10,13,15,19H,1,5,11-12,14H2,2H3. The first-order valence-electron chi connectivity index (χ1n) is 7.24. The van der Waals surface area contributed by atoms with Crippen LogP contribution in [0, 0.1) is 5.92 Å². The van der Waals surface area contributed by atoms with E-state index in [1.807, 2.05) is 6.08 Å². The van der Waals surface area contributed by atoms with E-state index in [2.05, 4.69) is 60.6 Å². The molecule has 0 radical (unpaired) electrons. The lowest BCUT2D eigenvalue weighted by molar-refractivity contribution is 0.506. The van der Waals surface area contributed by atoms with Gasteiger partial charge in [-0.1, -0.05) is 43.3 Å². The summed E-state index contributed by atoms with van der Waals surface area (Å²) in [6, 6.07) is 13.1. The third-order valence-corrected chi connectivity index (χ3v) is 4.39. The molecule has 1 heterocycles. The summed E-state index contributed by atoms with van der Waals surface area (Å²) in [5.41, 5.74) is 2.66. The topological polar surface area (TPSA) is 12.0 Å². The molecule has 0 aliphatic carbocycles. The molecular weight excluding hydrogens is 262 g/mol. The van der Waals surface area contributed by atoms with Crippen molar-refractivity contribution in [3.05, 3.63) is 60.0 Å². The minimum Gasteiger partial charge on any atom is -0.313 e. The van der Waals surface area contributed by atoms with Gasteiger partial charge in [-0.2, -0.15) is 0 Å². The van der Waals surface area contributed by atoms with Crippen LogP contribution in [0.3, 0.4) is 0 Å². The molecule has 2 aromatic rings. The van der Waals surface area contributed by atoms with Crippen molar-refractivity contribution in [3.8, 4) is 10.4 Å². The maximum atomic E-state index is 3.79. The monoisotopic (exact) mass is 285 g/mol. The molecule has 106 valence electrons. The molecule has 1 atom stereocenters. The van der Waals surface area contributed by atoms with Gasteiger partial charge < -0.3 is 5.32 Å². The molecule has 1 aromatic carbocycles. The Morgan fingerprint density at radius 1 is 1.25 bits per heavy atom. The van der Waals surface area contributed by atoms with Gasteiger partial charge in [0, 0.05) is 11.4 Å². The fraction of sp³-hybridized carbons (Fsp3) is 0.333. The summed E-state index contributed by atoms with van der Waals surface area (Å²) in [6.07, 6.45) is 4.32. The van der Waals surface area contributed by atoms with E-state index in [0.29, 0.717) is 0 Å². The first-order chi connectivity index (χ1) is 9.79. The Balaban J connectivity index is 1.75. The predicted octanol–water partition coefficient (Wildman–Crippen LogP) is 5.11. The van der Waals surface area contributed by atoms with Crippen molar-refractivity contribution in [1.82, 2.24) is 5.32 Å².